The third kappa shape index (κ3) is 3.06. The first-order valence-electron chi connectivity index (χ1n) is 7.50. The molecule has 1 aliphatic rings. The Bertz CT molecular complexity index is 635. The highest BCUT2D eigenvalue weighted by atomic mass is 16.2. The molecule has 2 aromatic carbocycles. The van der Waals surface area contributed by atoms with Crippen molar-refractivity contribution in [3.05, 3.63) is 48.0 Å². The maximum Gasteiger partial charge on any atom is 0.237 e. The highest BCUT2D eigenvalue weighted by Gasteiger charge is 2.24. The van der Waals surface area contributed by atoms with Gasteiger partial charge in [0.05, 0.1) is 12.1 Å². The predicted octanol–water partition coefficient (Wildman–Crippen LogP) is 1.71. The van der Waals surface area contributed by atoms with Gasteiger partial charge in [-0.3, -0.25) is 4.79 Å². The lowest BCUT2D eigenvalue weighted by Gasteiger charge is -2.20. The lowest BCUT2D eigenvalue weighted by molar-refractivity contribution is -0.123. The molecule has 0 spiro atoms. The lowest BCUT2D eigenvalue weighted by Crippen LogP contribution is -2.43. The predicted molar refractivity (Wildman–Crippen MR) is 84.9 cm³/mol. The summed E-state index contributed by atoms with van der Waals surface area (Å²) >= 11 is 0. The number of fused-ring (bicyclic) bond motifs is 1. The molecular formula is C17H21N3O. The van der Waals surface area contributed by atoms with Crippen molar-refractivity contribution in [1.82, 2.24) is 10.6 Å². The summed E-state index contributed by atoms with van der Waals surface area (Å²) in [5.41, 5.74) is 6.92. The highest BCUT2D eigenvalue weighted by molar-refractivity contribution is 5.84. The minimum absolute atomic E-state index is 0.0520. The summed E-state index contributed by atoms with van der Waals surface area (Å²) in [4.78, 5) is 12.2. The molecule has 1 heterocycles. The van der Waals surface area contributed by atoms with E-state index in [1.807, 2.05) is 18.2 Å². The van der Waals surface area contributed by atoms with Gasteiger partial charge in [0.25, 0.3) is 0 Å². The molecule has 1 aliphatic heterocycles. The SMILES string of the molecule is NCC(NC(=O)[C@@H]1CCCN1)c1ccc2ccccc2c1. The Kier molecular flexibility index (Phi) is 4.18. The number of carbonyl (C=O) groups excluding carboxylic acids is 1. The standard InChI is InChI=1S/C17H21N3O/c18-11-16(20-17(21)15-6-3-9-19-15)14-8-7-12-4-1-2-5-13(12)10-14/h1-2,4-5,7-8,10,15-16,19H,3,6,9,11,18H2,(H,20,21)/t15-,16?/m0/s1. The monoisotopic (exact) mass is 283 g/mol. The fraction of sp³-hybridized carbons (Fsp3) is 0.353. The maximum atomic E-state index is 12.2. The van der Waals surface area contributed by atoms with Crippen molar-refractivity contribution in [1.29, 1.82) is 0 Å². The van der Waals surface area contributed by atoms with E-state index in [0.29, 0.717) is 6.54 Å². The van der Waals surface area contributed by atoms with Gasteiger partial charge in [0.2, 0.25) is 5.91 Å². The second-order valence-electron chi connectivity index (χ2n) is 5.55. The molecule has 2 aromatic rings. The van der Waals surface area contributed by atoms with Crippen molar-refractivity contribution in [2.75, 3.05) is 13.1 Å². The van der Waals surface area contributed by atoms with E-state index in [4.69, 9.17) is 5.73 Å². The number of carbonyl (C=O) groups is 1. The third-order valence-corrected chi connectivity index (χ3v) is 4.10. The van der Waals surface area contributed by atoms with E-state index in [1.54, 1.807) is 0 Å². The molecule has 1 fully saturated rings. The number of amides is 1. The Balaban J connectivity index is 1.78. The van der Waals surface area contributed by atoms with Gasteiger partial charge in [-0.05, 0) is 41.8 Å². The lowest BCUT2D eigenvalue weighted by atomic mass is 10.0. The van der Waals surface area contributed by atoms with Gasteiger partial charge in [-0.15, -0.1) is 0 Å². The molecule has 0 radical (unpaired) electrons. The van der Waals surface area contributed by atoms with Crippen LogP contribution in [0.3, 0.4) is 0 Å². The molecule has 110 valence electrons. The quantitative estimate of drug-likeness (QED) is 0.800. The van der Waals surface area contributed by atoms with Crippen molar-refractivity contribution in [2.24, 2.45) is 5.73 Å². The van der Waals surface area contributed by atoms with Gasteiger partial charge in [0.1, 0.15) is 0 Å². The van der Waals surface area contributed by atoms with Crippen LogP contribution in [0.4, 0.5) is 0 Å². The number of nitrogens with two attached hydrogens (primary N) is 1. The first-order chi connectivity index (χ1) is 10.3. The Hall–Kier alpha value is -1.91. The molecule has 4 heteroatoms. The third-order valence-electron chi connectivity index (χ3n) is 4.10. The van der Waals surface area contributed by atoms with Crippen LogP contribution >= 0.6 is 0 Å². The summed E-state index contributed by atoms with van der Waals surface area (Å²) in [5, 5.41) is 8.64. The van der Waals surface area contributed by atoms with Gasteiger partial charge in [0.15, 0.2) is 0 Å². The van der Waals surface area contributed by atoms with Crippen LogP contribution in [0.5, 0.6) is 0 Å². The Labute approximate surface area is 124 Å². The molecule has 2 atom stereocenters. The number of hydrogen-bond acceptors (Lipinski definition) is 3. The van der Waals surface area contributed by atoms with Crippen molar-refractivity contribution < 1.29 is 4.79 Å². The number of benzene rings is 2. The first-order valence-corrected chi connectivity index (χ1v) is 7.50. The van der Waals surface area contributed by atoms with Crippen molar-refractivity contribution in [3.8, 4) is 0 Å². The van der Waals surface area contributed by atoms with Crippen LogP contribution in [-0.4, -0.2) is 25.0 Å². The minimum atomic E-state index is -0.135. The second kappa shape index (κ2) is 6.24. The summed E-state index contributed by atoms with van der Waals surface area (Å²) in [6.07, 6.45) is 1.96. The fourth-order valence-corrected chi connectivity index (χ4v) is 2.88. The van der Waals surface area contributed by atoms with Crippen LogP contribution in [0.1, 0.15) is 24.4 Å². The summed E-state index contributed by atoms with van der Waals surface area (Å²) in [5.74, 6) is 0.0520. The zero-order chi connectivity index (χ0) is 14.7. The van der Waals surface area contributed by atoms with E-state index in [2.05, 4.69) is 34.9 Å². The Morgan fingerprint density at radius 3 is 2.81 bits per heavy atom. The summed E-state index contributed by atoms with van der Waals surface area (Å²) in [6.45, 7) is 1.32. The normalized spacial score (nSPS) is 19.6. The molecule has 1 amide bonds. The smallest absolute Gasteiger partial charge is 0.237 e. The summed E-state index contributed by atoms with van der Waals surface area (Å²) in [6, 6.07) is 14.2. The number of nitrogens with one attached hydrogen (secondary N) is 2. The Morgan fingerprint density at radius 1 is 1.29 bits per heavy atom. The zero-order valence-electron chi connectivity index (χ0n) is 12.0. The molecule has 4 nitrogen and oxygen atoms in total. The molecule has 0 aliphatic carbocycles. The van der Waals surface area contributed by atoms with E-state index in [0.717, 1.165) is 24.9 Å². The van der Waals surface area contributed by atoms with Crippen LogP contribution in [0.25, 0.3) is 10.8 Å². The molecule has 4 N–H and O–H groups in total. The summed E-state index contributed by atoms with van der Waals surface area (Å²) < 4.78 is 0. The molecular weight excluding hydrogens is 262 g/mol. The molecule has 21 heavy (non-hydrogen) atoms. The van der Waals surface area contributed by atoms with E-state index in [9.17, 15) is 4.79 Å². The van der Waals surface area contributed by atoms with Crippen molar-refractivity contribution in [3.63, 3.8) is 0 Å². The van der Waals surface area contributed by atoms with E-state index in [1.165, 1.54) is 10.8 Å². The van der Waals surface area contributed by atoms with E-state index >= 15 is 0 Å². The Morgan fingerprint density at radius 2 is 2.10 bits per heavy atom. The minimum Gasteiger partial charge on any atom is -0.347 e. The largest absolute Gasteiger partial charge is 0.347 e. The van der Waals surface area contributed by atoms with E-state index < -0.39 is 0 Å². The maximum absolute atomic E-state index is 12.2. The zero-order valence-corrected chi connectivity index (χ0v) is 12.0. The molecule has 0 saturated carbocycles. The van der Waals surface area contributed by atoms with E-state index in [-0.39, 0.29) is 18.0 Å². The van der Waals surface area contributed by atoms with Crippen LogP contribution in [0, 0.1) is 0 Å². The van der Waals surface area contributed by atoms with Crippen LogP contribution < -0.4 is 16.4 Å². The average molecular weight is 283 g/mol. The van der Waals surface area contributed by atoms with Gasteiger partial charge in [0, 0.05) is 6.54 Å². The second-order valence-corrected chi connectivity index (χ2v) is 5.55. The molecule has 3 rings (SSSR count). The highest BCUT2D eigenvalue weighted by Crippen LogP contribution is 2.20. The molecule has 1 unspecified atom stereocenters. The average Bonchev–Trinajstić information content (AvgIpc) is 3.06. The topological polar surface area (TPSA) is 67.1 Å². The van der Waals surface area contributed by atoms with Gasteiger partial charge in [-0.2, -0.15) is 0 Å². The van der Waals surface area contributed by atoms with Crippen molar-refractivity contribution >= 4 is 16.7 Å². The molecule has 0 bridgehead atoms. The summed E-state index contributed by atoms with van der Waals surface area (Å²) in [7, 11) is 0. The first kappa shape index (κ1) is 14.0. The van der Waals surface area contributed by atoms with Crippen LogP contribution in [-0.2, 0) is 4.79 Å². The molecule has 0 aromatic heterocycles. The number of hydrogen-bond donors (Lipinski definition) is 3. The molecule has 1 saturated heterocycles. The van der Waals surface area contributed by atoms with Gasteiger partial charge >= 0.3 is 0 Å². The van der Waals surface area contributed by atoms with Gasteiger partial charge in [-0.25, -0.2) is 0 Å². The van der Waals surface area contributed by atoms with Crippen LogP contribution in [0.15, 0.2) is 42.5 Å². The fourth-order valence-electron chi connectivity index (χ4n) is 2.88. The number of rotatable bonds is 4. The van der Waals surface area contributed by atoms with Gasteiger partial charge < -0.3 is 16.4 Å². The van der Waals surface area contributed by atoms with Crippen molar-refractivity contribution in [2.45, 2.75) is 24.9 Å². The van der Waals surface area contributed by atoms with Crippen LogP contribution in [0.2, 0.25) is 0 Å². The van der Waals surface area contributed by atoms with Gasteiger partial charge in [-0.1, -0.05) is 36.4 Å².